The quantitative estimate of drug-likeness (QED) is 0.270. The first-order valence-corrected chi connectivity index (χ1v) is 15.0. The number of benzene rings is 3. The van der Waals surface area contributed by atoms with E-state index in [2.05, 4.69) is 28.8 Å². The van der Waals surface area contributed by atoms with Crippen LogP contribution < -0.4 is 24.8 Å². The number of fused-ring (bicyclic) bond motifs is 2. The largest absolute Gasteiger partial charge is 0.496 e. The number of nitrogens with one attached hydrogen (secondary N) is 2. The first-order valence-electron chi connectivity index (χ1n) is 15.0. The maximum absolute atomic E-state index is 13.5. The Hall–Kier alpha value is -3.85. The zero-order valence-corrected chi connectivity index (χ0v) is 25.4. The molecular weight excluding hydrogens is 542 g/mol. The van der Waals surface area contributed by atoms with Gasteiger partial charge in [0.25, 0.3) is 5.91 Å². The Morgan fingerprint density at radius 2 is 1.63 bits per heavy atom. The van der Waals surface area contributed by atoms with E-state index in [1.165, 1.54) is 5.56 Å². The van der Waals surface area contributed by atoms with Crippen molar-refractivity contribution in [2.24, 2.45) is 0 Å². The van der Waals surface area contributed by atoms with E-state index in [1.54, 1.807) is 14.2 Å². The lowest BCUT2D eigenvalue weighted by Crippen LogP contribution is -2.65. The van der Waals surface area contributed by atoms with Crippen LogP contribution >= 0.6 is 0 Å². The number of likely N-dealkylation sites (N-methyl/N-ethyl adjacent to an activating group) is 1. The Morgan fingerprint density at radius 3 is 2.37 bits per heavy atom. The molecule has 2 bridgehead atoms. The lowest BCUT2D eigenvalue weighted by molar-refractivity contribution is -0.126. The minimum Gasteiger partial charge on any atom is -0.496 e. The van der Waals surface area contributed by atoms with E-state index in [0.717, 1.165) is 66.3 Å². The van der Waals surface area contributed by atoms with Crippen molar-refractivity contribution in [3.8, 4) is 17.2 Å². The van der Waals surface area contributed by atoms with Gasteiger partial charge in [0, 0.05) is 44.2 Å². The van der Waals surface area contributed by atoms with Crippen LogP contribution in [-0.2, 0) is 28.1 Å². The molecule has 1 amide bonds. The maximum Gasteiger partial charge on any atom is 0.250 e. The number of amides is 1. The molecular formula is C35H43N3O5. The van der Waals surface area contributed by atoms with Gasteiger partial charge in [-0.1, -0.05) is 54.6 Å². The number of carbonyl (C=O) groups excluding carboxylic acids is 1. The molecule has 43 heavy (non-hydrogen) atoms. The monoisotopic (exact) mass is 585 g/mol. The number of piperazine rings is 1. The van der Waals surface area contributed by atoms with Gasteiger partial charge in [-0.25, -0.2) is 0 Å². The van der Waals surface area contributed by atoms with Gasteiger partial charge >= 0.3 is 0 Å². The number of rotatable bonds is 14. The van der Waals surface area contributed by atoms with Crippen LogP contribution in [0.5, 0.6) is 17.2 Å². The summed E-state index contributed by atoms with van der Waals surface area (Å²) in [4.78, 5) is 15.3. The molecule has 0 aromatic heterocycles. The minimum atomic E-state index is -0.256. The first kappa shape index (κ1) is 30.6. The molecule has 3 aromatic rings. The number of hydrogen-bond donors (Lipinski definition) is 2. The second kappa shape index (κ2) is 14.6. The predicted octanol–water partition coefficient (Wildman–Crippen LogP) is 4.48. The van der Waals surface area contributed by atoms with Crippen molar-refractivity contribution in [1.29, 1.82) is 0 Å². The fraction of sp³-hybridized carbons (Fsp3) is 0.400. The summed E-state index contributed by atoms with van der Waals surface area (Å²) in [6, 6.07) is 24.1. The van der Waals surface area contributed by atoms with E-state index in [9.17, 15) is 4.79 Å². The van der Waals surface area contributed by atoms with Crippen molar-refractivity contribution < 1.29 is 23.7 Å². The van der Waals surface area contributed by atoms with Gasteiger partial charge in [-0.3, -0.25) is 10.1 Å². The molecule has 3 aromatic carbocycles. The first-order chi connectivity index (χ1) is 21.0. The minimum absolute atomic E-state index is 0.0458. The lowest BCUT2D eigenvalue weighted by atomic mass is 9.78. The molecule has 2 N–H and O–H groups in total. The van der Waals surface area contributed by atoms with Crippen LogP contribution in [0.15, 0.2) is 84.4 Å². The van der Waals surface area contributed by atoms with Crippen LogP contribution in [0.4, 0.5) is 0 Å². The molecule has 5 rings (SSSR count). The molecule has 2 heterocycles. The smallest absolute Gasteiger partial charge is 0.250 e. The topological polar surface area (TPSA) is 81.3 Å². The van der Waals surface area contributed by atoms with E-state index < -0.39 is 0 Å². The third-order valence-corrected chi connectivity index (χ3v) is 8.33. The maximum atomic E-state index is 13.5. The van der Waals surface area contributed by atoms with Gasteiger partial charge in [-0.2, -0.15) is 0 Å². The second-order valence-corrected chi connectivity index (χ2v) is 11.2. The van der Waals surface area contributed by atoms with Crippen LogP contribution in [0.2, 0.25) is 0 Å². The summed E-state index contributed by atoms with van der Waals surface area (Å²) in [5.41, 5.74) is 3.90. The third kappa shape index (κ3) is 7.39. The molecule has 2 atom stereocenters. The van der Waals surface area contributed by atoms with Gasteiger partial charge in [-0.15, -0.1) is 0 Å². The fourth-order valence-electron chi connectivity index (χ4n) is 5.90. The molecule has 0 spiro atoms. The number of ether oxygens (including phenoxy) is 4. The highest BCUT2D eigenvalue weighted by Crippen LogP contribution is 2.35. The number of methoxy groups -OCH3 is 2. The SMILES string of the molecule is COc1ccccc1CCN(C)C(=O)C1=CCC2(c3ccc(OCCCOCc4ccccc4OC)cc3)CNCC1N2. The summed E-state index contributed by atoms with van der Waals surface area (Å²) in [5.74, 6) is 2.61. The van der Waals surface area contributed by atoms with E-state index in [-0.39, 0.29) is 17.5 Å². The van der Waals surface area contributed by atoms with Crippen molar-refractivity contribution in [1.82, 2.24) is 15.5 Å². The second-order valence-electron chi connectivity index (χ2n) is 11.2. The molecule has 8 nitrogen and oxygen atoms in total. The highest BCUT2D eigenvalue weighted by molar-refractivity contribution is 5.95. The molecule has 0 aliphatic carbocycles. The van der Waals surface area contributed by atoms with Gasteiger partial charge in [-0.05, 0) is 48.2 Å². The van der Waals surface area contributed by atoms with E-state index in [1.807, 2.05) is 72.6 Å². The summed E-state index contributed by atoms with van der Waals surface area (Å²) in [6.45, 7) is 3.85. The number of para-hydroxylation sites is 2. The van der Waals surface area contributed by atoms with Crippen LogP contribution in [0, 0.1) is 0 Å². The Bertz CT molecular complexity index is 1390. The van der Waals surface area contributed by atoms with Gasteiger partial charge in [0.1, 0.15) is 17.2 Å². The van der Waals surface area contributed by atoms with E-state index in [0.29, 0.717) is 26.4 Å². The van der Waals surface area contributed by atoms with Crippen LogP contribution in [0.3, 0.4) is 0 Å². The standard InChI is InChI=1S/C35H43N3O5/c1-38(20-18-26-9-4-6-11-32(26)40-2)34(39)30-17-19-35(25-36-23-31(30)37-35)28-13-15-29(16-14-28)43-22-8-21-42-24-27-10-5-7-12-33(27)41-3/h4-7,9-17,31,36-37H,8,18-25H2,1-3H3. The number of nitrogens with zero attached hydrogens (tertiary/aromatic N) is 1. The Labute approximate surface area is 255 Å². The zero-order valence-electron chi connectivity index (χ0n) is 25.4. The normalized spacial score (nSPS) is 19.3. The van der Waals surface area contributed by atoms with Crippen molar-refractivity contribution in [3.05, 3.63) is 101 Å². The Kier molecular flexibility index (Phi) is 10.4. The summed E-state index contributed by atoms with van der Waals surface area (Å²) >= 11 is 0. The highest BCUT2D eigenvalue weighted by Gasteiger charge is 2.42. The predicted molar refractivity (Wildman–Crippen MR) is 168 cm³/mol. The average Bonchev–Trinajstić information content (AvgIpc) is 3.05. The molecule has 2 aliphatic rings. The molecule has 1 saturated heterocycles. The summed E-state index contributed by atoms with van der Waals surface area (Å²) in [7, 11) is 5.23. The summed E-state index contributed by atoms with van der Waals surface area (Å²) in [5, 5.41) is 7.37. The molecule has 0 radical (unpaired) electrons. The van der Waals surface area contributed by atoms with Gasteiger partial charge < -0.3 is 29.2 Å². The van der Waals surface area contributed by atoms with Crippen LogP contribution in [-0.4, -0.2) is 71.0 Å². The summed E-state index contributed by atoms with van der Waals surface area (Å²) in [6.07, 6.45) is 4.41. The lowest BCUT2D eigenvalue weighted by Gasteiger charge is -2.47. The summed E-state index contributed by atoms with van der Waals surface area (Å²) < 4.78 is 22.6. The van der Waals surface area contributed by atoms with Crippen molar-refractivity contribution in [2.75, 3.05) is 54.1 Å². The fourth-order valence-corrected chi connectivity index (χ4v) is 5.90. The highest BCUT2D eigenvalue weighted by atomic mass is 16.5. The average molecular weight is 586 g/mol. The van der Waals surface area contributed by atoms with Gasteiger partial charge in [0.05, 0.1) is 45.6 Å². The van der Waals surface area contributed by atoms with Gasteiger partial charge in [0.15, 0.2) is 0 Å². The number of hydrogen-bond acceptors (Lipinski definition) is 7. The van der Waals surface area contributed by atoms with Gasteiger partial charge in [0.2, 0.25) is 0 Å². The zero-order chi connectivity index (χ0) is 30.1. The van der Waals surface area contributed by atoms with E-state index >= 15 is 0 Å². The Morgan fingerprint density at radius 1 is 0.930 bits per heavy atom. The van der Waals surface area contributed by atoms with Crippen molar-refractivity contribution >= 4 is 5.91 Å². The molecule has 0 saturated carbocycles. The van der Waals surface area contributed by atoms with Crippen LogP contribution in [0.25, 0.3) is 0 Å². The molecule has 2 unspecified atom stereocenters. The van der Waals surface area contributed by atoms with Crippen molar-refractivity contribution in [2.45, 2.75) is 37.5 Å². The van der Waals surface area contributed by atoms with E-state index in [4.69, 9.17) is 18.9 Å². The number of carbonyl (C=O) groups is 1. The molecule has 228 valence electrons. The Balaban J connectivity index is 1.11. The van der Waals surface area contributed by atoms with Crippen molar-refractivity contribution in [3.63, 3.8) is 0 Å². The third-order valence-electron chi connectivity index (χ3n) is 8.33. The molecule has 2 aliphatic heterocycles. The van der Waals surface area contributed by atoms with Crippen LogP contribution in [0.1, 0.15) is 29.5 Å². The molecule has 1 fully saturated rings. The molecule has 8 heteroatoms.